The minimum atomic E-state index is -1.68. The van der Waals surface area contributed by atoms with Gasteiger partial charge < -0.3 is 20.3 Å². The number of carbonyl (C=O) groups excluding carboxylic acids is 2. The van der Waals surface area contributed by atoms with Crippen LogP contribution in [-0.2, 0) is 20.7 Å². The number of allylic oxidation sites excluding steroid dienone is 1. The zero-order valence-electron chi connectivity index (χ0n) is 20.9. The Bertz CT molecular complexity index is 959. The SMILES string of the molecule is C=C1[C@@H](O)[C@@H](/C=C/C[C@H](C)CCC[C@@H]2CCC(=O)O2)[C@@]2(O)C(=O)N[C@@H](Cc3ccccc3)[C@H]2[C@H]1C. The maximum atomic E-state index is 13.2. The lowest BCUT2D eigenvalue weighted by atomic mass is 9.60. The Kier molecular flexibility index (Phi) is 7.82. The Hall–Kier alpha value is -2.44. The van der Waals surface area contributed by atoms with Crippen molar-refractivity contribution < 1.29 is 24.5 Å². The van der Waals surface area contributed by atoms with Crippen LogP contribution >= 0.6 is 0 Å². The molecule has 2 heterocycles. The Morgan fingerprint density at radius 1 is 1.29 bits per heavy atom. The number of aliphatic hydroxyl groups excluding tert-OH is 1. The summed E-state index contributed by atoms with van der Waals surface area (Å²) in [5.74, 6) is -1.40. The third kappa shape index (κ3) is 5.24. The van der Waals surface area contributed by atoms with Gasteiger partial charge in [-0.25, -0.2) is 0 Å². The quantitative estimate of drug-likeness (QED) is 0.369. The van der Waals surface area contributed by atoms with E-state index in [-0.39, 0.29) is 30.0 Å². The first-order valence-electron chi connectivity index (χ1n) is 13.0. The summed E-state index contributed by atoms with van der Waals surface area (Å²) in [5.41, 5.74) is 0.0910. The first kappa shape index (κ1) is 25.6. The van der Waals surface area contributed by atoms with Crippen LogP contribution in [0.4, 0.5) is 0 Å². The second-order valence-electron chi connectivity index (χ2n) is 10.8. The monoisotopic (exact) mass is 481 g/mol. The predicted octanol–water partition coefficient (Wildman–Crippen LogP) is 3.72. The van der Waals surface area contributed by atoms with Crippen molar-refractivity contribution in [1.82, 2.24) is 5.32 Å². The molecular weight excluding hydrogens is 442 g/mol. The summed E-state index contributed by atoms with van der Waals surface area (Å²) >= 11 is 0. The van der Waals surface area contributed by atoms with Crippen molar-refractivity contribution in [2.45, 2.75) is 82.6 Å². The Balaban J connectivity index is 1.41. The van der Waals surface area contributed by atoms with E-state index in [0.29, 0.717) is 24.3 Å². The number of benzene rings is 1. The molecule has 6 nitrogen and oxygen atoms in total. The van der Waals surface area contributed by atoms with Gasteiger partial charge in [-0.15, -0.1) is 0 Å². The topological polar surface area (TPSA) is 95.9 Å². The lowest BCUT2D eigenvalue weighted by Crippen LogP contribution is -2.59. The molecule has 0 unspecified atom stereocenters. The maximum absolute atomic E-state index is 13.2. The van der Waals surface area contributed by atoms with Crippen LogP contribution in [0.1, 0.15) is 57.9 Å². The normalized spacial score (nSPS) is 35.7. The van der Waals surface area contributed by atoms with Gasteiger partial charge in [0, 0.05) is 24.3 Å². The fraction of sp³-hybridized carbons (Fsp3) is 0.586. The molecule has 0 spiro atoms. The summed E-state index contributed by atoms with van der Waals surface area (Å²) in [4.78, 5) is 24.4. The molecule has 0 bridgehead atoms. The smallest absolute Gasteiger partial charge is 0.306 e. The van der Waals surface area contributed by atoms with Gasteiger partial charge in [-0.1, -0.05) is 69.3 Å². The van der Waals surface area contributed by atoms with Crippen LogP contribution < -0.4 is 5.32 Å². The van der Waals surface area contributed by atoms with Crippen molar-refractivity contribution in [2.24, 2.45) is 23.7 Å². The van der Waals surface area contributed by atoms with Crippen LogP contribution in [0.25, 0.3) is 0 Å². The van der Waals surface area contributed by atoms with Gasteiger partial charge in [0.2, 0.25) is 0 Å². The van der Waals surface area contributed by atoms with Crippen LogP contribution in [0.2, 0.25) is 0 Å². The van der Waals surface area contributed by atoms with Gasteiger partial charge >= 0.3 is 5.97 Å². The van der Waals surface area contributed by atoms with Crippen LogP contribution in [0.3, 0.4) is 0 Å². The number of nitrogens with one attached hydrogen (secondary N) is 1. The highest BCUT2D eigenvalue weighted by Gasteiger charge is 2.64. The van der Waals surface area contributed by atoms with E-state index in [0.717, 1.165) is 37.7 Å². The highest BCUT2D eigenvalue weighted by molar-refractivity contribution is 5.89. The van der Waals surface area contributed by atoms with E-state index in [1.807, 2.05) is 49.4 Å². The predicted molar refractivity (Wildman–Crippen MR) is 134 cm³/mol. The summed E-state index contributed by atoms with van der Waals surface area (Å²) in [7, 11) is 0. The van der Waals surface area contributed by atoms with E-state index in [9.17, 15) is 19.8 Å². The highest BCUT2D eigenvalue weighted by Crippen LogP contribution is 2.50. The molecule has 1 amide bonds. The molecule has 1 aromatic rings. The minimum Gasteiger partial charge on any atom is -0.462 e. The molecule has 8 atom stereocenters. The molecule has 35 heavy (non-hydrogen) atoms. The molecule has 0 radical (unpaired) electrons. The number of esters is 1. The molecule has 2 saturated heterocycles. The number of amides is 1. The number of aliphatic hydroxyl groups is 2. The van der Waals surface area contributed by atoms with Crippen LogP contribution in [0.5, 0.6) is 0 Å². The number of hydrogen-bond donors (Lipinski definition) is 3. The van der Waals surface area contributed by atoms with Crippen molar-refractivity contribution >= 4 is 11.9 Å². The number of cyclic esters (lactones) is 1. The lowest BCUT2D eigenvalue weighted by Gasteiger charge is -2.47. The summed E-state index contributed by atoms with van der Waals surface area (Å²) in [6, 6.07) is 9.72. The summed E-state index contributed by atoms with van der Waals surface area (Å²) in [6.07, 6.45) is 8.54. The first-order chi connectivity index (χ1) is 16.7. The number of carbonyl (C=O) groups is 2. The van der Waals surface area contributed by atoms with E-state index >= 15 is 0 Å². The Labute approximate surface area is 208 Å². The third-order valence-electron chi connectivity index (χ3n) is 8.35. The maximum Gasteiger partial charge on any atom is 0.306 e. The van der Waals surface area contributed by atoms with Crippen molar-refractivity contribution in [3.63, 3.8) is 0 Å². The molecule has 1 aromatic carbocycles. The number of ether oxygens (including phenoxy) is 1. The van der Waals surface area contributed by atoms with Crippen LogP contribution in [0.15, 0.2) is 54.6 Å². The minimum absolute atomic E-state index is 0.0616. The van der Waals surface area contributed by atoms with E-state index in [1.54, 1.807) is 0 Å². The van der Waals surface area contributed by atoms with E-state index in [1.165, 1.54) is 0 Å². The average Bonchev–Trinajstić information content (AvgIpc) is 3.35. The van der Waals surface area contributed by atoms with E-state index in [4.69, 9.17) is 4.74 Å². The Morgan fingerprint density at radius 2 is 2.03 bits per heavy atom. The molecule has 3 aliphatic rings. The van der Waals surface area contributed by atoms with Gasteiger partial charge in [0.15, 0.2) is 5.60 Å². The molecule has 2 aliphatic heterocycles. The zero-order chi connectivity index (χ0) is 25.2. The zero-order valence-corrected chi connectivity index (χ0v) is 20.9. The fourth-order valence-corrected chi connectivity index (χ4v) is 6.26. The lowest BCUT2D eigenvalue weighted by molar-refractivity contribution is -0.154. The van der Waals surface area contributed by atoms with Crippen molar-refractivity contribution in [2.75, 3.05) is 0 Å². The molecular formula is C29H39NO5. The largest absolute Gasteiger partial charge is 0.462 e. The summed E-state index contributed by atoms with van der Waals surface area (Å²) < 4.78 is 5.29. The molecule has 1 saturated carbocycles. The van der Waals surface area contributed by atoms with Gasteiger partial charge in [-0.05, 0) is 55.1 Å². The van der Waals surface area contributed by atoms with Gasteiger partial charge in [-0.3, -0.25) is 9.59 Å². The molecule has 6 heteroatoms. The Morgan fingerprint density at radius 3 is 2.71 bits per heavy atom. The second kappa shape index (κ2) is 10.7. The van der Waals surface area contributed by atoms with Gasteiger partial charge in [-0.2, -0.15) is 0 Å². The van der Waals surface area contributed by atoms with Crippen LogP contribution in [-0.4, -0.2) is 45.9 Å². The van der Waals surface area contributed by atoms with E-state index < -0.39 is 23.5 Å². The molecule has 0 aromatic heterocycles. The van der Waals surface area contributed by atoms with Crippen molar-refractivity contribution in [3.8, 4) is 0 Å². The van der Waals surface area contributed by atoms with Gasteiger partial charge in [0.05, 0.1) is 6.10 Å². The number of hydrogen-bond acceptors (Lipinski definition) is 5. The van der Waals surface area contributed by atoms with Gasteiger partial charge in [0.25, 0.3) is 5.91 Å². The van der Waals surface area contributed by atoms with Crippen molar-refractivity contribution in [1.29, 1.82) is 0 Å². The average molecular weight is 482 g/mol. The molecule has 4 rings (SSSR count). The van der Waals surface area contributed by atoms with Crippen LogP contribution in [0, 0.1) is 23.7 Å². The van der Waals surface area contributed by atoms with E-state index in [2.05, 4.69) is 18.8 Å². The molecule has 3 N–H and O–H groups in total. The number of rotatable bonds is 9. The molecule has 1 aliphatic carbocycles. The molecule has 190 valence electrons. The second-order valence-corrected chi connectivity index (χ2v) is 10.8. The van der Waals surface area contributed by atoms with Crippen molar-refractivity contribution in [3.05, 3.63) is 60.2 Å². The third-order valence-corrected chi connectivity index (χ3v) is 8.35. The number of fused-ring (bicyclic) bond motifs is 1. The van der Waals surface area contributed by atoms with Gasteiger partial charge in [0.1, 0.15) is 6.10 Å². The first-order valence-corrected chi connectivity index (χ1v) is 13.0. The molecule has 3 fully saturated rings. The summed E-state index contributed by atoms with van der Waals surface area (Å²) in [5, 5.41) is 25.9. The fourth-order valence-electron chi connectivity index (χ4n) is 6.26. The summed E-state index contributed by atoms with van der Waals surface area (Å²) in [6.45, 7) is 8.25. The standard InChI is InChI=1S/C29H39NO5/c1-18(9-7-13-22-15-16-25(31)35-22)10-8-14-23-27(32)20(3)19(2)26-24(30-28(33)29(23,26)34)17-21-11-5-4-6-12-21/h4-6,8,11-12,14,18-19,22-24,26-27,32,34H,3,7,9-10,13,15-17H2,1-2H3,(H,30,33)/b14-8+/t18-,19+,22-,23-,24+,26-,27-,29+/m1/s1. The highest BCUT2D eigenvalue weighted by atomic mass is 16.5.